The fraction of sp³-hybridized carbons (Fsp3) is 1.00. The van der Waals surface area contributed by atoms with Crippen LogP contribution in [0.1, 0.15) is 45.4 Å². The molecule has 0 amide bonds. The predicted octanol–water partition coefficient (Wildman–Crippen LogP) is 2.60. The van der Waals surface area contributed by atoms with E-state index in [2.05, 4.69) is 14.2 Å². The van der Waals surface area contributed by atoms with Crippen LogP contribution < -0.4 is 5.73 Å². The summed E-state index contributed by atoms with van der Waals surface area (Å²) in [5.74, 6) is 2.82. The van der Waals surface area contributed by atoms with E-state index in [-0.39, 0.29) is 0 Å². The first-order chi connectivity index (χ1) is 6.27. The molecule has 4 atom stereocenters. The van der Waals surface area contributed by atoms with Crippen LogP contribution in [0.25, 0.3) is 0 Å². The van der Waals surface area contributed by atoms with Gasteiger partial charge in [-0.05, 0) is 18.8 Å². The zero-order valence-corrected chi connectivity index (χ0v) is 8.71. The summed E-state index contributed by atoms with van der Waals surface area (Å²) >= 11 is 0. The molecule has 0 bridgehead atoms. The molecule has 73 valence electrons. The largest absolute Gasteiger partial charge is 0.328 e. The van der Waals surface area contributed by atoms with Crippen LogP contribution in [0.3, 0.4) is 0 Å². The topological polar surface area (TPSA) is 26.0 Å². The molecule has 4 unspecified atom stereocenters. The van der Waals surface area contributed by atoms with Gasteiger partial charge in [-0.1, -0.05) is 44.2 Å². The van der Waals surface area contributed by atoms with Crippen LogP contribution >= 0.6 is 0 Å². The van der Waals surface area contributed by atoms with Gasteiger partial charge in [-0.25, -0.2) is 0 Å². The second kappa shape index (κ2) is 4.04. The molecule has 0 spiro atoms. The quantitative estimate of drug-likeness (QED) is 0.567. The molecule has 0 aromatic rings. The number of hydrogen-bond donors (Lipinski definition) is 1. The third-order valence-electron chi connectivity index (χ3n) is 3.84. The lowest BCUT2D eigenvalue weighted by atomic mass is 9.88. The Morgan fingerprint density at radius 3 is 2.69 bits per heavy atom. The first-order valence-electron chi connectivity index (χ1n) is 5.88. The molecule has 0 aromatic heterocycles. The monoisotopic (exact) mass is 178 g/mol. The van der Waals surface area contributed by atoms with Crippen LogP contribution in [0.5, 0.6) is 0 Å². The summed E-state index contributed by atoms with van der Waals surface area (Å²) in [6, 6.07) is 0.489. The van der Waals surface area contributed by atoms with Crippen LogP contribution in [-0.4, -0.2) is 13.3 Å². The molecule has 1 radical (unpaired) electrons. The van der Waals surface area contributed by atoms with Gasteiger partial charge in [0.15, 0.2) is 0 Å². The molecule has 2 N–H and O–H groups in total. The minimum absolute atomic E-state index is 0.489. The van der Waals surface area contributed by atoms with Crippen molar-refractivity contribution in [2.75, 3.05) is 0 Å². The molecule has 0 aromatic carbocycles. The Labute approximate surface area is 82.7 Å². The highest BCUT2D eigenvalue weighted by atomic mass is 14.6. The third kappa shape index (κ3) is 2.49. The summed E-state index contributed by atoms with van der Waals surface area (Å²) in [7, 11) is 2.54. The second-order valence-corrected chi connectivity index (χ2v) is 5.03. The molecular weight excluding hydrogens is 157 g/mol. The highest BCUT2D eigenvalue weighted by molar-refractivity contribution is 6.53. The van der Waals surface area contributed by atoms with Crippen molar-refractivity contribution in [2.45, 2.75) is 63.1 Å². The fourth-order valence-electron chi connectivity index (χ4n) is 2.74. The smallest absolute Gasteiger partial charge is 0.117 e. The first kappa shape index (κ1) is 9.58. The van der Waals surface area contributed by atoms with Gasteiger partial charge in [-0.3, -0.25) is 0 Å². The average molecular weight is 178 g/mol. The Bertz CT molecular complexity index is 171. The summed E-state index contributed by atoms with van der Waals surface area (Å²) in [4.78, 5) is 0. The van der Waals surface area contributed by atoms with Gasteiger partial charge < -0.3 is 5.73 Å². The van der Waals surface area contributed by atoms with Gasteiger partial charge in [0.05, 0.1) is 0 Å². The Hall–Kier alpha value is 0.0249. The maximum absolute atomic E-state index is 6.03. The molecule has 2 heteroatoms. The molecule has 2 aliphatic rings. The van der Waals surface area contributed by atoms with Crippen molar-refractivity contribution in [3.8, 4) is 0 Å². The Morgan fingerprint density at radius 2 is 1.85 bits per heavy atom. The van der Waals surface area contributed by atoms with Gasteiger partial charge in [-0.2, -0.15) is 0 Å². The molecule has 13 heavy (non-hydrogen) atoms. The highest BCUT2D eigenvalue weighted by Crippen LogP contribution is 2.52. The number of fused-ring (bicyclic) bond motifs is 1. The van der Waals surface area contributed by atoms with E-state index in [9.17, 15) is 0 Å². The van der Waals surface area contributed by atoms with Crippen LogP contribution in [-0.2, 0) is 0 Å². The van der Waals surface area contributed by atoms with Crippen molar-refractivity contribution in [1.82, 2.24) is 0 Å². The summed E-state index contributed by atoms with van der Waals surface area (Å²) < 4.78 is 0. The SMILES string of the molecule is CC1CCCCC(N)CCC2[B]C12. The van der Waals surface area contributed by atoms with E-state index >= 15 is 0 Å². The number of nitrogens with two attached hydrogens (primary N) is 1. The summed E-state index contributed by atoms with van der Waals surface area (Å²) in [5, 5.41) is 0. The summed E-state index contributed by atoms with van der Waals surface area (Å²) in [6.45, 7) is 2.42. The minimum atomic E-state index is 0.489. The molecule has 1 heterocycles. The molecule has 1 nitrogen and oxygen atoms in total. The molecule has 1 aliphatic heterocycles. The zero-order chi connectivity index (χ0) is 9.26. The molecular formula is C11H21BN. The summed E-state index contributed by atoms with van der Waals surface area (Å²) in [6.07, 6.45) is 8.03. The molecule has 1 saturated heterocycles. The minimum Gasteiger partial charge on any atom is -0.328 e. The Kier molecular flexibility index (Phi) is 2.97. The van der Waals surface area contributed by atoms with Crippen LogP contribution in [0, 0.1) is 5.92 Å². The zero-order valence-electron chi connectivity index (χ0n) is 8.71. The number of hydrogen-bond acceptors (Lipinski definition) is 1. The average Bonchev–Trinajstić information content (AvgIpc) is 2.87. The van der Waals surface area contributed by atoms with Crippen LogP contribution in [0.15, 0.2) is 0 Å². The fourth-order valence-corrected chi connectivity index (χ4v) is 2.74. The van der Waals surface area contributed by atoms with E-state index in [1.165, 1.54) is 38.5 Å². The van der Waals surface area contributed by atoms with E-state index in [4.69, 9.17) is 5.73 Å². The Morgan fingerprint density at radius 1 is 1.08 bits per heavy atom. The maximum Gasteiger partial charge on any atom is 0.117 e. The van der Waals surface area contributed by atoms with Gasteiger partial charge in [0.2, 0.25) is 0 Å². The summed E-state index contributed by atoms with van der Waals surface area (Å²) in [5.41, 5.74) is 6.03. The molecule has 1 aliphatic carbocycles. The number of rotatable bonds is 0. The van der Waals surface area contributed by atoms with E-state index in [0.717, 1.165) is 17.6 Å². The molecule has 2 rings (SSSR count). The van der Waals surface area contributed by atoms with Crippen molar-refractivity contribution in [2.24, 2.45) is 11.7 Å². The van der Waals surface area contributed by atoms with Crippen LogP contribution in [0.2, 0.25) is 11.6 Å². The maximum atomic E-state index is 6.03. The van der Waals surface area contributed by atoms with Gasteiger partial charge in [0.25, 0.3) is 0 Å². The van der Waals surface area contributed by atoms with Gasteiger partial charge >= 0.3 is 0 Å². The van der Waals surface area contributed by atoms with Crippen molar-refractivity contribution < 1.29 is 0 Å². The van der Waals surface area contributed by atoms with Crippen molar-refractivity contribution >= 4 is 7.28 Å². The van der Waals surface area contributed by atoms with Gasteiger partial charge in [0.1, 0.15) is 7.28 Å². The highest BCUT2D eigenvalue weighted by Gasteiger charge is 2.41. The lowest BCUT2D eigenvalue weighted by molar-refractivity contribution is 0.426. The molecule has 2 fully saturated rings. The van der Waals surface area contributed by atoms with Crippen molar-refractivity contribution in [3.05, 3.63) is 0 Å². The molecule has 1 saturated carbocycles. The predicted molar refractivity (Wildman–Crippen MR) is 58.1 cm³/mol. The van der Waals surface area contributed by atoms with E-state index in [1.54, 1.807) is 0 Å². The van der Waals surface area contributed by atoms with Gasteiger partial charge in [-0.15, -0.1) is 0 Å². The standard InChI is InChI=1S/C11H21BN/c1-8-4-2-3-5-9(13)6-7-10-11(8)12-10/h8-11H,2-7,13H2,1H3. The van der Waals surface area contributed by atoms with Crippen LogP contribution in [0.4, 0.5) is 0 Å². The second-order valence-electron chi connectivity index (χ2n) is 5.03. The normalized spacial score (nSPS) is 46.0. The van der Waals surface area contributed by atoms with Crippen molar-refractivity contribution in [1.29, 1.82) is 0 Å². The Balaban J connectivity index is 1.83. The van der Waals surface area contributed by atoms with E-state index < -0.39 is 0 Å². The first-order valence-corrected chi connectivity index (χ1v) is 5.88. The van der Waals surface area contributed by atoms with Crippen molar-refractivity contribution in [3.63, 3.8) is 0 Å². The third-order valence-corrected chi connectivity index (χ3v) is 3.84. The van der Waals surface area contributed by atoms with E-state index in [0.29, 0.717) is 6.04 Å². The van der Waals surface area contributed by atoms with Gasteiger partial charge in [0, 0.05) is 6.04 Å². The van der Waals surface area contributed by atoms with E-state index in [1.807, 2.05) is 0 Å². The lowest BCUT2D eigenvalue weighted by Gasteiger charge is -2.17. The lowest BCUT2D eigenvalue weighted by Crippen LogP contribution is -2.20.